The highest BCUT2D eigenvalue weighted by atomic mass is 16.2. The molecule has 1 atom stereocenters. The van der Waals surface area contributed by atoms with Gasteiger partial charge in [-0.05, 0) is 26.2 Å². The van der Waals surface area contributed by atoms with Gasteiger partial charge >= 0.3 is 0 Å². The quantitative estimate of drug-likeness (QED) is 0.797. The summed E-state index contributed by atoms with van der Waals surface area (Å²) < 4.78 is 0. The van der Waals surface area contributed by atoms with Gasteiger partial charge in [0.15, 0.2) is 0 Å². The SMILES string of the molecule is CC(NC(=O)C(C)(C)N1CCNCC1)C(C)(C)C. The van der Waals surface area contributed by atoms with Gasteiger partial charge in [-0.3, -0.25) is 9.69 Å². The highest BCUT2D eigenvalue weighted by Gasteiger charge is 2.36. The fourth-order valence-corrected chi connectivity index (χ4v) is 1.96. The Labute approximate surface area is 111 Å². The van der Waals surface area contributed by atoms with Crippen molar-refractivity contribution in [1.82, 2.24) is 15.5 Å². The number of carbonyl (C=O) groups is 1. The molecule has 0 radical (unpaired) electrons. The maximum Gasteiger partial charge on any atom is 0.240 e. The molecule has 1 aliphatic heterocycles. The Balaban J connectivity index is 2.63. The van der Waals surface area contributed by atoms with E-state index in [1.165, 1.54) is 0 Å². The minimum Gasteiger partial charge on any atom is -0.352 e. The largest absolute Gasteiger partial charge is 0.352 e. The molecule has 2 N–H and O–H groups in total. The van der Waals surface area contributed by atoms with E-state index < -0.39 is 5.54 Å². The van der Waals surface area contributed by atoms with Crippen molar-refractivity contribution in [2.24, 2.45) is 5.41 Å². The minimum atomic E-state index is -0.429. The van der Waals surface area contributed by atoms with Gasteiger partial charge in [-0.2, -0.15) is 0 Å². The smallest absolute Gasteiger partial charge is 0.240 e. The number of amides is 1. The molecule has 1 rings (SSSR count). The second-order valence-corrected chi connectivity index (χ2v) is 6.86. The average molecular weight is 255 g/mol. The third-order valence-electron chi connectivity index (χ3n) is 4.11. The first-order valence-corrected chi connectivity index (χ1v) is 6.92. The molecule has 0 bridgehead atoms. The van der Waals surface area contributed by atoms with E-state index in [2.05, 4.69) is 43.2 Å². The molecular weight excluding hydrogens is 226 g/mol. The molecule has 18 heavy (non-hydrogen) atoms. The first-order chi connectivity index (χ1) is 8.15. The van der Waals surface area contributed by atoms with Gasteiger partial charge < -0.3 is 10.6 Å². The molecule has 1 fully saturated rings. The van der Waals surface area contributed by atoms with Gasteiger partial charge in [0, 0.05) is 32.2 Å². The second-order valence-electron chi connectivity index (χ2n) is 6.86. The first-order valence-electron chi connectivity index (χ1n) is 6.92. The van der Waals surface area contributed by atoms with E-state index in [0.29, 0.717) is 0 Å². The molecule has 0 aromatic rings. The maximum absolute atomic E-state index is 12.4. The number of rotatable bonds is 3. The zero-order chi connectivity index (χ0) is 14.0. The Morgan fingerprint density at radius 2 is 1.67 bits per heavy atom. The van der Waals surface area contributed by atoms with Gasteiger partial charge in [0.2, 0.25) is 5.91 Å². The molecule has 1 unspecified atom stereocenters. The molecule has 1 heterocycles. The van der Waals surface area contributed by atoms with E-state index in [4.69, 9.17) is 0 Å². The zero-order valence-electron chi connectivity index (χ0n) is 12.8. The van der Waals surface area contributed by atoms with Crippen LogP contribution in [0.25, 0.3) is 0 Å². The third-order valence-corrected chi connectivity index (χ3v) is 4.11. The lowest BCUT2D eigenvalue weighted by atomic mass is 9.87. The Bertz CT molecular complexity index is 288. The number of hydrogen-bond acceptors (Lipinski definition) is 3. The number of carbonyl (C=O) groups excluding carboxylic acids is 1. The van der Waals surface area contributed by atoms with Gasteiger partial charge in [-0.25, -0.2) is 0 Å². The highest BCUT2D eigenvalue weighted by molar-refractivity contribution is 5.85. The molecule has 0 saturated carbocycles. The Morgan fingerprint density at radius 3 is 2.11 bits per heavy atom. The standard InChI is InChI=1S/C14H29N3O/c1-11(13(2,3)4)16-12(18)14(5,6)17-9-7-15-8-10-17/h11,15H,7-10H2,1-6H3,(H,16,18). The van der Waals surface area contributed by atoms with Crippen LogP contribution < -0.4 is 10.6 Å². The second kappa shape index (κ2) is 5.57. The lowest BCUT2D eigenvalue weighted by Gasteiger charge is -2.41. The summed E-state index contributed by atoms with van der Waals surface area (Å²) >= 11 is 0. The molecule has 4 nitrogen and oxygen atoms in total. The van der Waals surface area contributed by atoms with Crippen molar-refractivity contribution in [2.45, 2.75) is 53.1 Å². The summed E-state index contributed by atoms with van der Waals surface area (Å²) in [5.74, 6) is 0.131. The zero-order valence-corrected chi connectivity index (χ0v) is 12.8. The van der Waals surface area contributed by atoms with Crippen molar-refractivity contribution in [3.8, 4) is 0 Å². The van der Waals surface area contributed by atoms with Gasteiger partial charge in [0.25, 0.3) is 0 Å². The van der Waals surface area contributed by atoms with E-state index in [-0.39, 0.29) is 17.4 Å². The van der Waals surface area contributed by atoms with Crippen LogP contribution in [0.1, 0.15) is 41.5 Å². The average Bonchev–Trinajstić information content (AvgIpc) is 2.28. The summed E-state index contributed by atoms with van der Waals surface area (Å²) in [6.45, 7) is 16.4. The van der Waals surface area contributed by atoms with Gasteiger partial charge in [-0.15, -0.1) is 0 Å². The van der Waals surface area contributed by atoms with Crippen LogP contribution in [0.3, 0.4) is 0 Å². The highest BCUT2D eigenvalue weighted by Crippen LogP contribution is 2.21. The maximum atomic E-state index is 12.4. The summed E-state index contributed by atoms with van der Waals surface area (Å²) in [6, 6.07) is 0.173. The van der Waals surface area contributed by atoms with E-state index >= 15 is 0 Å². The Morgan fingerprint density at radius 1 is 1.17 bits per heavy atom. The van der Waals surface area contributed by atoms with E-state index in [9.17, 15) is 4.79 Å². The van der Waals surface area contributed by atoms with Crippen LogP contribution >= 0.6 is 0 Å². The summed E-state index contributed by atoms with van der Waals surface area (Å²) in [5.41, 5.74) is -0.337. The van der Waals surface area contributed by atoms with Crippen molar-refractivity contribution in [2.75, 3.05) is 26.2 Å². The fraction of sp³-hybridized carbons (Fsp3) is 0.929. The van der Waals surface area contributed by atoms with Crippen molar-refractivity contribution in [1.29, 1.82) is 0 Å². The van der Waals surface area contributed by atoms with Crippen molar-refractivity contribution < 1.29 is 4.79 Å². The monoisotopic (exact) mass is 255 g/mol. The summed E-state index contributed by atoms with van der Waals surface area (Å²) in [5, 5.41) is 6.47. The molecule has 0 aromatic heterocycles. The van der Waals surface area contributed by atoms with Crippen LogP contribution in [0.4, 0.5) is 0 Å². The van der Waals surface area contributed by atoms with Crippen molar-refractivity contribution in [3.05, 3.63) is 0 Å². The van der Waals surface area contributed by atoms with Gasteiger partial charge in [0.05, 0.1) is 5.54 Å². The summed E-state index contributed by atoms with van der Waals surface area (Å²) in [7, 11) is 0. The van der Waals surface area contributed by atoms with Crippen LogP contribution in [0.5, 0.6) is 0 Å². The van der Waals surface area contributed by atoms with Gasteiger partial charge in [0.1, 0.15) is 0 Å². The van der Waals surface area contributed by atoms with Crippen LogP contribution in [-0.4, -0.2) is 48.6 Å². The van der Waals surface area contributed by atoms with Crippen LogP contribution in [0.2, 0.25) is 0 Å². The Kier molecular flexibility index (Phi) is 4.78. The van der Waals surface area contributed by atoms with E-state index in [1.807, 2.05) is 13.8 Å². The topological polar surface area (TPSA) is 44.4 Å². The van der Waals surface area contributed by atoms with E-state index in [1.54, 1.807) is 0 Å². The summed E-state index contributed by atoms with van der Waals surface area (Å²) in [4.78, 5) is 14.7. The predicted octanol–water partition coefficient (Wildman–Crippen LogP) is 1.22. The number of nitrogens with zero attached hydrogens (tertiary/aromatic N) is 1. The van der Waals surface area contributed by atoms with E-state index in [0.717, 1.165) is 26.2 Å². The normalized spacial score (nSPS) is 20.6. The van der Waals surface area contributed by atoms with Crippen molar-refractivity contribution in [3.63, 3.8) is 0 Å². The predicted molar refractivity (Wildman–Crippen MR) is 75.6 cm³/mol. The summed E-state index contributed by atoms with van der Waals surface area (Å²) in [6.07, 6.45) is 0. The molecule has 1 amide bonds. The molecule has 106 valence electrons. The molecule has 0 aromatic carbocycles. The molecule has 1 saturated heterocycles. The lowest BCUT2D eigenvalue weighted by Crippen LogP contribution is -2.61. The number of piperazine rings is 1. The van der Waals surface area contributed by atoms with Crippen LogP contribution in [-0.2, 0) is 4.79 Å². The molecule has 1 aliphatic rings. The molecular formula is C14H29N3O. The Hall–Kier alpha value is -0.610. The van der Waals surface area contributed by atoms with Crippen LogP contribution in [0.15, 0.2) is 0 Å². The number of hydrogen-bond donors (Lipinski definition) is 2. The lowest BCUT2D eigenvalue weighted by molar-refractivity contribution is -0.133. The number of nitrogens with one attached hydrogen (secondary N) is 2. The van der Waals surface area contributed by atoms with Gasteiger partial charge in [-0.1, -0.05) is 20.8 Å². The third kappa shape index (κ3) is 3.69. The molecule has 0 aliphatic carbocycles. The fourth-order valence-electron chi connectivity index (χ4n) is 1.96. The minimum absolute atomic E-state index is 0.0925. The first kappa shape index (κ1) is 15.4. The van der Waals surface area contributed by atoms with Crippen molar-refractivity contribution >= 4 is 5.91 Å². The molecule has 4 heteroatoms. The van der Waals surface area contributed by atoms with Crippen LogP contribution in [0, 0.1) is 5.41 Å². The molecule has 0 spiro atoms.